The molecule has 0 aliphatic carbocycles. The molecule has 0 aliphatic rings. The molecule has 2 nitrogen and oxygen atoms in total. The second-order valence-corrected chi connectivity index (χ2v) is 11.4. The summed E-state index contributed by atoms with van der Waals surface area (Å²) in [5.74, 6) is 0. The minimum Gasteiger partial charge on any atom is -0.309 e. The Morgan fingerprint density at radius 1 is 0.694 bits per heavy atom. The van der Waals surface area contributed by atoms with Gasteiger partial charge in [-0.1, -0.05) is 94.4 Å². The number of rotatable bonds is 7. The van der Waals surface area contributed by atoms with Gasteiger partial charge >= 0.3 is 0 Å². The summed E-state index contributed by atoms with van der Waals surface area (Å²) < 4.78 is 2.44. The number of hydrogen-bond acceptors (Lipinski definition) is 1. The predicted molar refractivity (Wildman–Crippen MR) is 152 cm³/mol. The van der Waals surface area contributed by atoms with Gasteiger partial charge in [0.05, 0.1) is 22.7 Å². The zero-order chi connectivity index (χ0) is 25.3. The lowest BCUT2D eigenvalue weighted by atomic mass is 9.73. The average Bonchev–Trinajstić information content (AvgIpc) is 3.24. The second-order valence-electron chi connectivity index (χ2n) is 11.4. The lowest BCUT2D eigenvalue weighted by Crippen LogP contribution is -2.23. The Kier molecular flexibility index (Phi) is 6.19. The van der Waals surface area contributed by atoms with Gasteiger partial charge < -0.3 is 4.57 Å². The van der Waals surface area contributed by atoms with Crippen LogP contribution >= 0.6 is 0 Å². The van der Waals surface area contributed by atoms with Crippen molar-refractivity contribution in [3.05, 3.63) is 114 Å². The molecule has 0 radical (unpaired) electrons. The number of para-hydroxylation sites is 3. The summed E-state index contributed by atoms with van der Waals surface area (Å²) in [5.41, 5.74) is 7.38. The summed E-state index contributed by atoms with van der Waals surface area (Å²) >= 11 is 0. The molecule has 0 unspecified atom stereocenters. The SMILES string of the molecule is CC(C)(CCC(C)(C)c1ccc(C#N)cc1)Cc1cccc2c3ccccc3n(-c3ccccc3)c12. The molecule has 1 aromatic heterocycles. The summed E-state index contributed by atoms with van der Waals surface area (Å²) in [7, 11) is 0. The molecule has 0 aliphatic heterocycles. The van der Waals surface area contributed by atoms with Crippen LogP contribution in [0, 0.1) is 16.7 Å². The molecule has 0 amide bonds. The van der Waals surface area contributed by atoms with Gasteiger partial charge in [-0.15, -0.1) is 0 Å². The van der Waals surface area contributed by atoms with E-state index in [0.29, 0.717) is 0 Å². The molecule has 5 rings (SSSR count). The normalized spacial score (nSPS) is 12.2. The molecular formula is C34H34N2. The van der Waals surface area contributed by atoms with E-state index in [4.69, 9.17) is 5.26 Å². The van der Waals surface area contributed by atoms with E-state index in [9.17, 15) is 0 Å². The number of nitriles is 1. The van der Waals surface area contributed by atoms with Crippen LogP contribution in [-0.2, 0) is 11.8 Å². The molecule has 0 N–H and O–H groups in total. The highest BCUT2D eigenvalue weighted by Crippen LogP contribution is 2.39. The van der Waals surface area contributed by atoms with Crippen molar-refractivity contribution in [3.8, 4) is 11.8 Å². The molecular weight excluding hydrogens is 436 g/mol. The van der Waals surface area contributed by atoms with Gasteiger partial charge in [0.2, 0.25) is 0 Å². The second kappa shape index (κ2) is 9.32. The van der Waals surface area contributed by atoms with E-state index in [1.54, 1.807) is 0 Å². The van der Waals surface area contributed by atoms with Crippen LogP contribution in [0.5, 0.6) is 0 Å². The summed E-state index contributed by atoms with van der Waals surface area (Å²) in [6.07, 6.45) is 3.21. The molecule has 0 fully saturated rings. The van der Waals surface area contributed by atoms with Crippen molar-refractivity contribution >= 4 is 21.8 Å². The fourth-order valence-corrected chi connectivity index (χ4v) is 5.47. The Morgan fingerprint density at radius 3 is 2.08 bits per heavy atom. The fraction of sp³-hybridized carbons (Fsp3) is 0.265. The zero-order valence-electron chi connectivity index (χ0n) is 21.8. The first-order valence-electron chi connectivity index (χ1n) is 12.9. The Labute approximate surface area is 214 Å². The third-order valence-corrected chi connectivity index (χ3v) is 7.68. The van der Waals surface area contributed by atoms with E-state index < -0.39 is 0 Å². The van der Waals surface area contributed by atoms with Crippen LogP contribution in [0.25, 0.3) is 27.5 Å². The lowest BCUT2D eigenvalue weighted by Gasteiger charge is -2.32. The molecule has 0 saturated carbocycles. The number of fused-ring (bicyclic) bond motifs is 3. The largest absolute Gasteiger partial charge is 0.309 e. The molecule has 4 aromatic carbocycles. The highest BCUT2D eigenvalue weighted by molar-refractivity contribution is 6.10. The zero-order valence-corrected chi connectivity index (χ0v) is 21.8. The standard InChI is InChI=1S/C34H34N2/c1-33(2,21-22-34(3,4)27-19-17-25(24-35)18-20-27)23-26-11-10-15-30-29-14-8-9-16-31(29)36(32(26)30)28-12-6-5-7-13-28/h5-20H,21-23H2,1-4H3. The highest BCUT2D eigenvalue weighted by atomic mass is 15.0. The Bertz CT molecular complexity index is 1540. The van der Waals surface area contributed by atoms with Gasteiger partial charge in [-0.2, -0.15) is 5.26 Å². The van der Waals surface area contributed by atoms with E-state index >= 15 is 0 Å². The van der Waals surface area contributed by atoms with Crippen LogP contribution in [0.1, 0.15) is 57.2 Å². The maximum absolute atomic E-state index is 9.14. The topological polar surface area (TPSA) is 28.7 Å². The molecule has 0 atom stereocenters. The first kappa shape index (κ1) is 23.9. The minimum atomic E-state index is 0.0518. The van der Waals surface area contributed by atoms with Gasteiger partial charge in [-0.3, -0.25) is 0 Å². The van der Waals surface area contributed by atoms with Crippen molar-refractivity contribution < 1.29 is 0 Å². The quantitative estimate of drug-likeness (QED) is 0.233. The molecule has 1 heterocycles. The van der Waals surface area contributed by atoms with E-state index in [-0.39, 0.29) is 10.8 Å². The Balaban J connectivity index is 1.49. The van der Waals surface area contributed by atoms with Crippen LogP contribution in [-0.4, -0.2) is 4.57 Å². The number of nitrogens with zero attached hydrogens (tertiary/aromatic N) is 2. The maximum atomic E-state index is 9.14. The Morgan fingerprint density at radius 2 is 1.36 bits per heavy atom. The van der Waals surface area contributed by atoms with E-state index in [1.165, 1.54) is 38.6 Å². The first-order valence-corrected chi connectivity index (χ1v) is 12.9. The highest BCUT2D eigenvalue weighted by Gasteiger charge is 2.27. The minimum absolute atomic E-state index is 0.0518. The smallest absolute Gasteiger partial charge is 0.0991 e. The average molecular weight is 471 g/mol. The monoisotopic (exact) mass is 470 g/mol. The van der Waals surface area contributed by atoms with Crippen molar-refractivity contribution in [1.82, 2.24) is 4.57 Å². The Hall–Kier alpha value is -3.83. The van der Waals surface area contributed by atoms with Gasteiger partial charge in [-0.25, -0.2) is 0 Å². The van der Waals surface area contributed by atoms with Gasteiger partial charge in [0.15, 0.2) is 0 Å². The molecule has 0 saturated heterocycles. The van der Waals surface area contributed by atoms with Gasteiger partial charge in [0.1, 0.15) is 0 Å². The number of hydrogen-bond donors (Lipinski definition) is 0. The van der Waals surface area contributed by atoms with Crippen LogP contribution in [0.2, 0.25) is 0 Å². The predicted octanol–water partition coefficient (Wildman–Crippen LogP) is 8.98. The number of aromatic nitrogens is 1. The van der Waals surface area contributed by atoms with Crippen molar-refractivity contribution in [2.24, 2.45) is 5.41 Å². The third kappa shape index (κ3) is 4.54. The van der Waals surface area contributed by atoms with Crippen LogP contribution in [0.3, 0.4) is 0 Å². The molecule has 36 heavy (non-hydrogen) atoms. The van der Waals surface area contributed by atoms with E-state index in [2.05, 4.69) is 123 Å². The molecule has 5 aromatic rings. The lowest BCUT2D eigenvalue weighted by molar-refractivity contribution is 0.285. The summed E-state index contributed by atoms with van der Waals surface area (Å²) in [6, 6.07) is 36.6. The van der Waals surface area contributed by atoms with E-state index in [1.807, 2.05) is 12.1 Å². The molecule has 0 bridgehead atoms. The van der Waals surface area contributed by atoms with Gasteiger partial charge in [0, 0.05) is 16.5 Å². The first-order chi connectivity index (χ1) is 17.3. The van der Waals surface area contributed by atoms with Crippen molar-refractivity contribution in [2.75, 3.05) is 0 Å². The maximum Gasteiger partial charge on any atom is 0.0991 e. The third-order valence-electron chi connectivity index (χ3n) is 7.68. The molecule has 2 heteroatoms. The summed E-state index contributed by atoms with van der Waals surface area (Å²) in [5, 5.41) is 11.8. The van der Waals surface area contributed by atoms with Crippen LogP contribution in [0.4, 0.5) is 0 Å². The molecule has 0 spiro atoms. The van der Waals surface area contributed by atoms with Crippen LogP contribution in [0.15, 0.2) is 97.1 Å². The molecule has 180 valence electrons. The van der Waals surface area contributed by atoms with Crippen LogP contribution < -0.4 is 0 Å². The summed E-state index contributed by atoms with van der Waals surface area (Å²) in [6.45, 7) is 9.43. The van der Waals surface area contributed by atoms with Crippen molar-refractivity contribution in [2.45, 2.75) is 52.4 Å². The van der Waals surface area contributed by atoms with Crippen molar-refractivity contribution in [3.63, 3.8) is 0 Å². The number of benzene rings is 4. The fourth-order valence-electron chi connectivity index (χ4n) is 5.47. The van der Waals surface area contributed by atoms with Crippen molar-refractivity contribution in [1.29, 1.82) is 5.26 Å². The van der Waals surface area contributed by atoms with Gasteiger partial charge in [-0.05, 0) is 71.6 Å². The van der Waals surface area contributed by atoms with Gasteiger partial charge in [0.25, 0.3) is 0 Å². The van der Waals surface area contributed by atoms with E-state index in [0.717, 1.165) is 24.8 Å². The summed E-state index contributed by atoms with van der Waals surface area (Å²) in [4.78, 5) is 0.